The zero-order valence-electron chi connectivity index (χ0n) is 10.6. The van der Waals surface area contributed by atoms with Crippen LogP contribution in [0.1, 0.15) is 17.7 Å². The lowest BCUT2D eigenvalue weighted by Gasteiger charge is -2.18. The summed E-state index contributed by atoms with van der Waals surface area (Å²) in [6.45, 7) is 3.50. The number of nitrogens with zero attached hydrogens (tertiary/aromatic N) is 3. The Hall–Kier alpha value is -1.21. The smallest absolute Gasteiger partial charge is 0.154 e. The van der Waals surface area contributed by atoms with Crippen LogP contribution in [-0.2, 0) is 16.4 Å². The summed E-state index contributed by atoms with van der Waals surface area (Å²) >= 11 is 0. The van der Waals surface area contributed by atoms with Crippen LogP contribution in [0.3, 0.4) is 0 Å². The Morgan fingerprint density at radius 2 is 2.22 bits per heavy atom. The van der Waals surface area contributed by atoms with Crippen molar-refractivity contribution in [3.05, 3.63) is 17.3 Å². The third kappa shape index (κ3) is 2.62. The molecule has 1 aromatic heterocycles. The van der Waals surface area contributed by atoms with E-state index in [1.165, 1.54) is 6.26 Å². The molecule has 1 saturated heterocycles. The standard InChI is InChI=1S/C11H18N4O2S/c1-8-5-9(6-12)13-14-11(8)15-4-3-10(7-15)18(2,16)17/h5,10H,3-4,6-7,12H2,1-2H3. The normalized spacial score (nSPS) is 20.4. The second-order valence-electron chi connectivity index (χ2n) is 4.73. The van der Waals surface area contributed by atoms with Gasteiger partial charge in [0.15, 0.2) is 15.7 Å². The van der Waals surface area contributed by atoms with Crippen LogP contribution in [0.4, 0.5) is 5.82 Å². The van der Waals surface area contributed by atoms with E-state index in [1.807, 2.05) is 17.9 Å². The number of hydrogen-bond acceptors (Lipinski definition) is 6. The monoisotopic (exact) mass is 270 g/mol. The summed E-state index contributed by atoms with van der Waals surface area (Å²) in [5.74, 6) is 0.762. The van der Waals surface area contributed by atoms with E-state index in [0.717, 1.165) is 17.1 Å². The predicted octanol–water partition coefficient (Wildman–Crippen LogP) is -0.133. The third-order valence-corrected chi connectivity index (χ3v) is 4.86. The Morgan fingerprint density at radius 3 is 2.72 bits per heavy atom. The highest BCUT2D eigenvalue weighted by molar-refractivity contribution is 7.91. The zero-order chi connectivity index (χ0) is 13.3. The number of aromatic nitrogens is 2. The van der Waals surface area contributed by atoms with Gasteiger partial charge in [-0.15, -0.1) is 5.10 Å². The van der Waals surface area contributed by atoms with Crippen LogP contribution in [0.25, 0.3) is 0 Å². The molecule has 1 aromatic rings. The summed E-state index contributed by atoms with van der Waals surface area (Å²) < 4.78 is 23.0. The molecule has 100 valence electrons. The predicted molar refractivity (Wildman–Crippen MR) is 70.1 cm³/mol. The molecule has 1 aliphatic rings. The number of aryl methyl sites for hydroxylation is 1. The van der Waals surface area contributed by atoms with Gasteiger partial charge in [-0.2, -0.15) is 5.10 Å². The van der Waals surface area contributed by atoms with Gasteiger partial charge in [-0.3, -0.25) is 0 Å². The van der Waals surface area contributed by atoms with Gasteiger partial charge in [-0.05, 0) is 25.0 Å². The van der Waals surface area contributed by atoms with Gasteiger partial charge in [0.25, 0.3) is 0 Å². The molecule has 0 bridgehead atoms. The van der Waals surface area contributed by atoms with Crippen molar-refractivity contribution in [2.75, 3.05) is 24.2 Å². The summed E-state index contributed by atoms with van der Waals surface area (Å²) in [5.41, 5.74) is 7.24. The Kier molecular flexibility index (Phi) is 3.54. The van der Waals surface area contributed by atoms with Crippen molar-refractivity contribution in [2.24, 2.45) is 5.73 Å². The van der Waals surface area contributed by atoms with Gasteiger partial charge in [0, 0.05) is 25.9 Å². The molecule has 0 radical (unpaired) electrons. The van der Waals surface area contributed by atoms with Crippen molar-refractivity contribution in [1.82, 2.24) is 10.2 Å². The van der Waals surface area contributed by atoms with E-state index in [4.69, 9.17) is 5.73 Å². The average Bonchev–Trinajstić information content (AvgIpc) is 2.77. The van der Waals surface area contributed by atoms with Crippen molar-refractivity contribution in [3.63, 3.8) is 0 Å². The molecule has 2 rings (SSSR count). The lowest BCUT2D eigenvalue weighted by Crippen LogP contribution is -2.27. The van der Waals surface area contributed by atoms with Crippen LogP contribution in [0.15, 0.2) is 6.07 Å². The van der Waals surface area contributed by atoms with Crippen LogP contribution < -0.4 is 10.6 Å². The fourth-order valence-electron chi connectivity index (χ4n) is 2.22. The van der Waals surface area contributed by atoms with Crippen LogP contribution in [-0.4, -0.2) is 43.2 Å². The van der Waals surface area contributed by atoms with Crippen molar-refractivity contribution in [2.45, 2.75) is 25.1 Å². The maximum Gasteiger partial charge on any atom is 0.154 e. The molecule has 0 saturated carbocycles. The van der Waals surface area contributed by atoms with Gasteiger partial charge in [0.1, 0.15) is 0 Å². The van der Waals surface area contributed by atoms with Crippen molar-refractivity contribution < 1.29 is 8.42 Å². The molecule has 6 nitrogen and oxygen atoms in total. The summed E-state index contributed by atoms with van der Waals surface area (Å²) in [5, 5.41) is 7.87. The highest BCUT2D eigenvalue weighted by Crippen LogP contribution is 2.24. The van der Waals surface area contributed by atoms with E-state index in [-0.39, 0.29) is 5.25 Å². The third-order valence-electron chi connectivity index (χ3n) is 3.27. The van der Waals surface area contributed by atoms with E-state index in [9.17, 15) is 8.42 Å². The molecule has 18 heavy (non-hydrogen) atoms. The highest BCUT2D eigenvalue weighted by Gasteiger charge is 2.31. The Balaban J connectivity index is 2.19. The fraction of sp³-hybridized carbons (Fsp3) is 0.636. The average molecular weight is 270 g/mol. The van der Waals surface area contributed by atoms with Gasteiger partial charge >= 0.3 is 0 Å². The molecule has 1 aliphatic heterocycles. The fourth-order valence-corrected chi connectivity index (χ4v) is 3.20. The van der Waals surface area contributed by atoms with Crippen LogP contribution in [0.5, 0.6) is 0 Å². The van der Waals surface area contributed by atoms with Gasteiger partial charge in [0.2, 0.25) is 0 Å². The first kappa shape index (κ1) is 13.2. The summed E-state index contributed by atoms with van der Waals surface area (Å²) in [6, 6.07) is 1.90. The van der Waals surface area contributed by atoms with Crippen molar-refractivity contribution >= 4 is 15.7 Å². The van der Waals surface area contributed by atoms with Crippen LogP contribution in [0, 0.1) is 6.92 Å². The molecular weight excluding hydrogens is 252 g/mol. The number of anilines is 1. The molecule has 7 heteroatoms. The summed E-state index contributed by atoms with van der Waals surface area (Å²) in [7, 11) is -2.98. The largest absolute Gasteiger partial charge is 0.354 e. The van der Waals surface area contributed by atoms with Gasteiger partial charge < -0.3 is 10.6 Å². The quantitative estimate of drug-likeness (QED) is 0.823. The number of nitrogens with two attached hydrogens (primary N) is 1. The second-order valence-corrected chi connectivity index (χ2v) is 7.06. The van der Waals surface area contributed by atoms with E-state index in [1.54, 1.807) is 0 Å². The van der Waals surface area contributed by atoms with Crippen LogP contribution >= 0.6 is 0 Å². The van der Waals surface area contributed by atoms with Gasteiger partial charge in [-0.25, -0.2) is 8.42 Å². The van der Waals surface area contributed by atoms with E-state index in [0.29, 0.717) is 26.1 Å². The molecule has 0 aromatic carbocycles. The molecule has 2 N–H and O–H groups in total. The van der Waals surface area contributed by atoms with E-state index >= 15 is 0 Å². The lowest BCUT2D eigenvalue weighted by molar-refractivity contribution is 0.589. The number of hydrogen-bond donors (Lipinski definition) is 1. The van der Waals surface area contributed by atoms with Crippen molar-refractivity contribution in [3.8, 4) is 0 Å². The molecule has 0 amide bonds. The summed E-state index contributed by atoms with van der Waals surface area (Å²) in [4.78, 5) is 1.98. The maximum absolute atomic E-state index is 11.5. The minimum atomic E-state index is -2.98. The van der Waals surface area contributed by atoms with Gasteiger partial charge in [-0.1, -0.05) is 0 Å². The minimum Gasteiger partial charge on any atom is -0.354 e. The summed E-state index contributed by atoms with van der Waals surface area (Å²) in [6.07, 6.45) is 1.94. The Morgan fingerprint density at radius 1 is 1.50 bits per heavy atom. The number of sulfone groups is 1. The SMILES string of the molecule is Cc1cc(CN)nnc1N1CCC(S(C)(=O)=O)C1. The first-order valence-corrected chi connectivity index (χ1v) is 7.84. The molecular formula is C11H18N4O2S. The molecule has 0 spiro atoms. The maximum atomic E-state index is 11.5. The molecule has 1 atom stereocenters. The van der Waals surface area contributed by atoms with Crippen molar-refractivity contribution in [1.29, 1.82) is 0 Å². The second kappa shape index (κ2) is 4.81. The Labute approximate surface area is 107 Å². The lowest BCUT2D eigenvalue weighted by atomic mass is 10.2. The Bertz CT molecular complexity index is 544. The van der Waals surface area contributed by atoms with E-state index < -0.39 is 9.84 Å². The number of rotatable bonds is 3. The van der Waals surface area contributed by atoms with E-state index in [2.05, 4.69) is 10.2 Å². The first-order valence-electron chi connectivity index (χ1n) is 5.89. The molecule has 2 heterocycles. The first-order chi connectivity index (χ1) is 8.41. The van der Waals surface area contributed by atoms with Gasteiger partial charge in [0.05, 0.1) is 10.9 Å². The zero-order valence-corrected chi connectivity index (χ0v) is 11.4. The minimum absolute atomic E-state index is 0.298. The molecule has 1 fully saturated rings. The topological polar surface area (TPSA) is 89.2 Å². The van der Waals surface area contributed by atoms with Crippen LogP contribution in [0.2, 0.25) is 0 Å². The highest BCUT2D eigenvalue weighted by atomic mass is 32.2. The molecule has 0 aliphatic carbocycles. The molecule has 1 unspecified atom stereocenters.